The molecule has 0 aliphatic carbocycles. The van der Waals surface area contributed by atoms with Crippen molar-refractivity contribution < 1.29 is 12.6 Å². The highest BCUT2D eigenvalue weighted by atomic mass is 32.2. The Labute approximate surface area is 67.9 Å². The van der Waals surface area contributed by atoms with Crippen molar-refractivity contribution in [2.45, 2.75) is 31.9 Å². The summed E-state index contributed by atoms with van der Waals surface area (Å²) in [5, 5.41) is -0.248. The molecule has 1 atom stereocenters. The summed E-state index contributed by atoms with van der Waals surface area (Å²) >= 11 is 0. The van der Waals surface area contributed by atoms with Crippen molar-refractivity contribution in [2.24, 2.45) is 5.92 Å². The molecule has 11 heavy (non-hydrogen) atoms. The third kappa shape index (κ3) is 2.17. The zero-order valence-electron chi connectivity index (χ0n) is 6.91. The van der Waals surface area contributed by atoms with Gasteiger partial charge in [0.05, 0.1) is 11.9 Å². The van der Waals surface area contributed by atoms with Crippen LogP contribution in [-0.2, 0) is 14.3 Å². The van der Waals surface area contributed by atoms with Crippen molar-refractivity contribution in [1.82, 2.24) is 0 Å². The van der Waals surface area contributed by atoms with Gasteiger partial charge in [-0.15, -0.1) is 0 Å². The van der Waals surface area contributed by atoms with Crippen LogP contribution < -0.4 is 0 Å². The van der Waals surface area contributed by atoms with Crippen molar-refractivity contribution in [3.05, 3.63) is 0 Å². The van der Waals surface area contributed by atoms with Crippen LogP contribution in [0.25, 0.3) is 0 Å². The molecule has 1 aliphatic rings. The lowest BCUT2D eigenvalue weighted by molar-refractivity contribution is 0.354. The van der Waals surface area contributed by atoms with Gasteiger partial charge in [-0.3, -0.25) is 4.18 Å². The van der Waals surface area contributed by atoms with Gasteiger partial charge in [0, 0.05) is 0 Å². The molecule has 0 aromatic carbocycles. The Morgan fingerprint density at radius 3 is 2.55 bits per heavy atom. The topological polar surface area (TPSA) is 43.4 Å². The fourth-order valence-corrected chi connectivity index (χ4v) is 2.82. The van der Waals surface area contributed by atoms with Crippen LogP contribution in [0.4, 0.5) is 0 Å². The molecule has 1 unspecified atom stereocenters. The molecule has 1 fully saturated rings. The Kier molecular flexibility index (Phi) is 2.54. The molecule has 4 heteroatoms. The summed E-state index contributed by atoms with van der Waals surface area (Å²) in [6.07, 6.45) is 1.39. The molecule has 3 nitrogen and oxygen atoms in total. The van der Waals surface area contributed by atoms with Gasteiger partial charge in [-0.2, -0.15) is 8.42 Å². The van der Waals surface area contributed by atoms with E-state index in [1.165, 1.54) is 0 Å². The molecular weight excluding hydrogens is 164 g/mol. The van der Waals surface area contributed by atoms with Crippen molar-refractivity contribution in [2.75, 3.05) is 6.61 Å². The lowest BCUT2D eigenvalue weighted by atomic mass is 10.1. The van der Waals surface area contributed by atoms with Crippen molar-refractivity contribution >= 4 is 10.1 Å². The second-order valence-electron chi connectivity index (χ2n) is 3.36. The van der Waals surface area contributed by atoms with Gasteiger partial charge >= 0.3 is 0 Å². The van der Waals surface area contributed by atoms with E-state index in [9.17, 15) is 8.42 Å². The molecule has 1 heterocycles. The van der Waals surface area contributed by atoms with Crippen LogP contribution in [0.15, 0.2) is 0 Å². The molecule has 1 saturated heterocycles. The molecule has 0 saturated carbocycles. The van der Waals surface area contributed by atoms with Gasteiger partial charge in [0.1, 0.15) is 0 Å². The predicted octanol–water partition coefficient (Wildman–Crippen LogP) is 1.15. The van der Waals surface area contributed by atoms with Crippen LogP contribution in [0.2, 0.25) is 0 Å². The smallest absolute Gasteiger partial charge is 0.270 e. The van der Waals surface area contributed by atoms with E-state index in [1.54, 1.807) is 0 Å². The van der Waals surface area contributed by atoms with Crippen LogP contribution in [0, 0.1) is 5.92 Å². The molecule has 66 valence electrons. The summed E-state index contributed by atoms with van der Waals surface area (Å²) in [5.74, 6) is 0.427. The number of hydrogen-bond acceptors (Lipinski definition) is 3. The summed E-state index contributed by atoms with van der Waals surface area (Å²) in [6.45, 7) is 4.42. The largest absolute Gasteiger partial charge is 0.270 e. The van der Waals surface area contributed by atoms with Crippen molar-refractivity contribution in [3.8, 4) is 0 Å². The Balaban J connectivity index is 2.59. The highest BCUT2D eigenvalue weighted by molar-refractivity contribution is 7.87. The maximum Gasteiger partial charge on any atom is 0.270 e. The lowest BCUT2D eigenvalue weighted by Gasteiger charge is -2.08. The minimum atomic E-state index is -3.18. The quantitative estimate of drug-likeness (QED) is 0.596. The van der Waals surface area contributed by atoms with Crippen LogP contribution in [0.5, 0.6) is 0 Å². The van der Waals surface area contributed by atoms with Crippen LogP contribution in [0.1, 0.15) is 26.7 Å². The molecule has 0 bridgehead atoms. The number of hydrogen-bond donors (Lipinski definition) is 0. The predicted molar refractivity (Wildman–Crippen MR) is 42.7 cm³/mol. The SMILES string of the molecule is CC(C)CC1CCOS1(=O)=O. The van der Waals surface area contributed by atoms with Gasteiger partial charge in [-0.05, 0) is 18.8 Å². The zero-order valence-corrected chi connectivity index (χ0v) is 7.73. The fraction of sp³-hybridized carbons (Fsp3) is 1.00. The highest BCUT2D eigenvalue weighted by Gasteiger charge is 2.32. The molecule has 0 amide bonds. The Hall–Kier alpha value is -0.0900. The summed E-state index contributed by atoms with van der Waals surface area (Å²) in [5.41, 5.74) is 0. The van der Waals surface area contributed by atoms with Gasteiger partial charge < -0.3 is 0 Å². The van der Waals surface area contributed by atoms with Gasteiger partial charge in [0.2, 0.25) is 0 Å². The standard InChI is InChI=1S/C7H14O3S/c1-6(2)5-7-3-4-10-11(7,8)9/h6-7H,3-5H2,1-2H3. The van der Waals surface area contributed by atoms with Crippen LogP contribution in [-0.4, -0.2) is 20.3 Å². The van der Waals surface area contributed by atoms with E-state index in [1.807, 2.05) is 13.8 Å². The molecule has 0 N–H and O–H groups in total. The second-order valence-corrected chi connectivity index (χ2v) is 5.24. The minimum absolute atomic E-state index is 0.248. The normalized spacial score (nSPS) is 29.5. The van der Waals surface area contributed by atoms with E-state index in [4.69, 9.17) is 0 Å². The van der Waals surface area contributed by atoms with E-state index >= 15 is 0 Å². The first-order chi connectivity index (χ1) is 5.02. The number of rotatable bonds is 2. The Morgan fingerprint density at radius 1 is 1.55 bits per heavy atom. The van der Waals surface area contributed by atoms with Crippen LogP contribution >= 0.6 is 0 Å². The van der Waals surface area contributed by atoms with Gasteiger partial charge in [0.15, 0.2) is 0 Å². The molecular formula is C7H14O3S. The third-order valence-electron chi connectivity index (χ3n) is 1.83. The van der Waals surface area contributed by atoms with Crippen molar-refractivity contribution in [1.29, 1.82) is 0 Å². The van der Waals surface area contributed by atoms with Crippen molar-refractivity contribution in [3.63, 3.8) is 0 Å². The summed E-state index contributed by atoms with van der Waals surface area (Å²) in [4.78, 5) is 0. The van der Waals surface area contributed by atoms with E-state index in [2.05, 4.69) is 4.18 Å². The van der Waals surface area contributed by atoms with Gasteiger partial charge in [-0.1, -0.05) is 13.8 Å². The van der Waals surface area contributed by atoms with E-state index in [0.29, 0.717) is 18.9 Å². The maximum absolute atomic E-state index is 11.1. The van der Waals surface area contributed by atoms with Gasteiger partial charge in [0.25, 0.3) is 10.1 Å². The summed E-state index contributed by atoms with van der Waals surface area (Å²) in [6, 6.07) is 0. The first-order valence-corrected chi connectivity index (χ1v) is 5.38. The minimum Gasteiger partial charge on any atom is -0.270 e. The van der Waals surface area contributed by atoms with Gasteiger partial charge in [-0.25, -0.2) is 0 Å². The molecule has 0 aromatic heterocycles. The van der Waals surface area contributed by atoms with E-state index in [-0.39, 0.29) is 5.25 Å². The monoisotopic (exact) mass is 178 g/mol. The lowest BCUT2D eigenvalue weighted by Crippen LogP contribution is -2.16. The molecule has 0 aromatic rings. The summed E-state index contributed by atoms with van der Waals surface area (Å²) < 4.78 is 26.8. The second kappa shape index (κ2) is 3.11. The summed E-state index contributed by atoms with van der Waals surface area (Å²) in [7, 11) is -3.18. The Morgan fingerprint density at radius 2 is 2.18 bits per heavy atom. The molecule has 0 radical (unpaired) electrons. The zero-order chi connectivity index (χ0) is 8.48. The first-order valence-electron chi connectivity index (χ1n) is 3.90. The fourth-order valence-electron chi connectivity index (χ4n) is 1.30. The van der Waals surface area contributed by atoms with E-state index < -0.39 is 10.1 Å². The average molecular weight is 178 g/mol. The first kappa shape index (κ1) is 9.00. The van der Waals surface area contributed by atoms with E-state index in [0.717, 1.165) is 6.42 Å². The molecule has 1 aliphatic heterocycles. The third-order valence-corrected chi connectivity index (χ3v) is 3.57. The molecule has 0 spiro atoms. The maximum atomic E-state index is 11.1. The Bertz CT molecular complexity index is 218. The molecule has 1 rings (SSSR count). The highest BCUT2D eigenvalue weighted by Crippen LogP contribution is 2.23. The average Bonchev–Trinajstić information content (AvgIpc) is 2.10. The van der Waals surface area contributed by atoms with Crippen LogP contribution in [0.3, 0.4) is 0 Å².